The van der Waals surface area contributed by atoms with E-state index in [2.05, 4.69) is 12.2 Å². The molecule has 0 aromatic heterocycles. The quantitative estimate of drug-likeness (QED) is 0.496. The first kappa shape index (κ1) is 6.77. The van der Waals surface area contributed by atoms with Crippen molar-refractivity contribution in [1.29, 1.82) is 0 Å². The van der Waals surface area contributed by atoms with Gasteiger partial charge in [-0.25, -0.2) is 0 Å². The summed E-state index contributed by atoms with van der Waals surface area (Å²) in [6.45, 7) is 0.435. The molecule has 11 heavy (non-hydrogen) atoms. The molecule has 0 atom stereocenters. The lowest BCUT2D eigenvalue weighted by Gasteiger charge is -2.03. The van der Waals surface area contributed by atoms with Gasteiger partial charge in [0.15, 0.2) is 0 Å². The molecule has 0 bridgehead atoms. The summed E-state index contributed by atoms with van der Waals surface area (Å²) in [7, 11) is 0. The Bertz CT molecular complexity index is 184. The van der Waals surface area contributed by atoms with Crippen LogP contribution in [0.5, 0.6) is 0 Å². The summed E-state index contributed by atoms with van der Waals surface area (Å²) >= 11 is 0. The molecule has 0 saturated heterocycles. The molecule has 0 spiro atoms. The topological polar surface area (TPSA) is 18.5 Å². The minimum atomic E-state index is 0.435. The van der Waals surface area contributed by atoms with Crippen molar-refractivity contribution >= 4 is 0 Å². The molecule has 0 aromatic rings. The molecule has 0 unspecified atom stereocenters. The molecule has 0 saturated carbocycles. The molecule has 2 nitrogen and oxygen atoms in total. The minimum absolute atomic E-state index is 0.435. The maximum Gasteiger partial charge on any atom is 0.230 e. The largest absolute Gasteiger partial charge is 0.458 e. The first-order valence-electron chi connectivity index (χ1n) is 4.09. The highest BCUT2D eigenvalue weighted by Gasteiger charge is 2.16. The van der Waals surface area contributed by atoms with Gasteiger partial charge in [-0.15, -0.1) is 0 Å². The highest BCUT2D eigenvalue weighted by molar-refractivity contribution is 5.08. The Kier molecular flexibility index (Phi) is 1.84. The molecule has 1 heterocycles. The highest BCUT2D eigenvalue weighted by atomic mass is 16.7. The molecule has 1 aliphatic heterocycles. The van der Waals surface area contributed by atoms with Crippen LogP contribution in [0.4, 0.5) is 0 Å². The standard InChI is InChI=1S/C9H12O2/c1-2-4-6-9-8(5-3-1)10-7-11-9/h1-2H,3-7H2. The number of allylic oxidation sites excluding steroid dienone is 4. The third kappa shape index (κ3) is 1.39. The van der Waals surface area contributed by atoms with Crippen LogP contribution in [0, 0.1) is 0 Å². The van der Waals surface area contributed by atoms with E-state index in [1.807, 2.05) is 0 Å². The van der Waals surface area contributed by atoms with Gasteiger partial charge in [0.25, 0.3) is 0 Å². The summed E-state index contributed by atoms with van der Waals surface area (Å²) in [5.41, 5.74) is 0. The molecule has 0 aromatic carbocycles. The van der Waals surface area contributed by atoms with Crippen molar-refractivity contribution in [3.63, 3.8) is 0 Å². The van der Waals surface area contributed by atoms with Gasteiger partial charge in [-0.05, 0) is 12.8 Å². The molecule has 0 radical (unpaired) electrons. The van der Waals surface area contributed by atoms with E-state index in [9.17, 15) is 0 Å². The number of hydrogen-bond acceptors (Lipinski definition) is 2. The Hall–Kier alpha value is -0.920. The lowest BCUT2D eigenvalue weighted by molar-refractivity contribution is 0.0673. The Morgan fingerprint density at radius 3 is 2.00 bits per heavy atom. The second-order valence-corrected chi connectivity index (χ2v) is 2.80. The predicted octanol–water partition coefficient (Wildman–Crippen LogP) is 2.33. The van der Waals surface area contributed by atoms with Gasteiger partial charge >= 0.3 is 0 Å². The fourth-order valence-electron chi connectivity index (χ4n) is 1.42. The first-order chi connectivity index (χ1) is 5.47. The molecular weight excluding hydrogens is 140 g/mol. The van der Waals surface area contributed by atoms with Crippen LogP contribution < -0.4 is 0 Å². The number of rotatable bonds is 0. The van der Waals surface area contributed by atoms with E-state index in [1.54, 1.807) is 0 Å². The molecule has 0 fully saturated rings. The molecule has 2 aliphatic rings. The number of ether oxygens (including phenoxy) is 2. The summed E-state index contributed by atoms with van der Waals surface area (Å²) in [6, 6.07) is 0. The van der Waals surface area contributed by atoms with Gasteiger partial charge in [-0.3, -0.25) is 0 Å². The summed E-state index contributed by atoms with van der Waals surface area (Å²) in [4.78, 5) is 0. The zero-order valence-electron chi connectivity index (χ0n) is 6.51. The average molecular weight is 152 g/mol. The molecular formula is C9H12O2. The maximum atomic E-state index is 5.32. The van der Waals surface area contributed by atoms with E-state index in [-0.39, 0.29) is 0 Å². The summed E-state index contributed by atoms with van der Waals surface area (Å²) in [6.07, 6.45) is 8.61. The monoisotopic (exact) mass is 152 g/mol. The van der Waals surface area contributed by atoms with Gasteiger partial charge in [-0.1, -0.05) is 12.2 Å². The van der Waals surface area contributed by atoms with Crippen LogP contribution in [-0.4, -0.2) is 6.79 Å². The van der Waals surface area contributed by atoms with E-state index >= 15 is 0 Å². The van der Waals surface area contributed by atoms with Crippen LogP contribution in [0.1, 0.15) is 25.7 Å². The highest BCUT2D eigenvalue weighted by Crippen LogP contribution is 2.26. The van der Waals surface area contributed by atoms with Crippen LogP contribution in [-0.2, 0) is 9.47 Å². The van der Waals surface area contributed by atoms with Crippen molar-refractivity contribution in [2.75, 3.05) is 6.79 Å². The van der Waals surface area contributed by atoms with Gasteiger partial charge in [0.2, 0.25) is 6.79 Å². The van der Waals surface area contributed by atoms with Crippen LogP contribution >= 0.6 is 0 Å². The van der Waals surface area contributed by atoms with Gasteiger partial charge in [0, 0.05) is 12.8 Å². The predicted molar refractivity (Wildman–Crippen MR) is 41.7 cm³/mol. The summed E-state index contributed by atoms with van der Waals surface area (Å²) in [5, 5.41) is 0. The van der Waals surface area contributed by atoms with E-state index in [4.69, 9.17) is 9.47 Å². The fraction of sp³-hybridized carbons (Fsp3) is 0.556. The smallest absolute Gasteiger partial charge is 0.230 e. The molecule has 0 amide bonds. The SMILES string of the molecule is C1=CCCC2=C(CC1)OCO2. The molecule has 2 heteroatoms. The van der Waals surface area contributed by atoms with Gasteiger partial charge in [0.05, 0.1) is 0 Å². The fourth-order valence-corrected chi connectivity index (χ4v) is 1.42. The Morgan fingerprint density at radius 2 is 1.45 bits per heavy atom. The Labute approximate surface area is 66.5 Å². The Balaban J connectivity index is 2.08. The third-order valence-electron chi connectivity index (χ3n) is 2.02. The van der Waals surface area contributed by atoms with Crippen LogP contribution in [0.25, 0.3) is 0 Å². The van der Waals surface area contributed by atoms with Crippen molar-refractivity contribution in [3.8, 4) is 0 Å². The van der Waals surface area contributed by atoms with Crippen molar-refractivity contribution in [1.82, 2.24) is 0 Å². The van der Waals surface area contributed by atoms with E-state index in [0.717, 1.165) is 37.2 Å². The second-order valence-electron chi connectivity index (χ2n) is 2.80. The van der Waals surface area contributed by atoms with Crippen molar-refractivity contribution in [2.45, 2.75) is 25.7 Å². The first-order valence-corrected chi connectivity index (χ1v) is 4.09. The van der Waals surface area contributed by atoms with Gasteiger partial charge in [-0.2, -0.15) is 0 Å². The molecule has 1 aliphatic carbocycles. The van der Waals surface area contributed by atoms with Gasteiger partial charge < -0.3 is 9.47 Å². The van der Waals surface area contributed by atoms with Crippen molar-refractivity contribution in [2.24, 2.45) is 0 Å². The minimum Gasteiger partial charge on any atom is -0.458 e. The van der Waals surface area contributed by atoms with Crippen molar-refractivity contribution < 1.29 is 9.47 Å². The van der Waals surface area contributed by atoms with E-state index in [1.165, 1.54) is 0 Å². The molecule has 2 rings (SSSR count). The zero-order valence-corrected chi connectivity index (χ0v) is 6.51. The Morgan fingerprint density at radius 1 is 0.909 bits per heavy atom. The van der Waals surface area contributed by atoms with Crippen LogP contribution in [0.2, 0.25) is 0 Å². The van der Waals surface area contributed by atoms with Crippen molar-refractivity contribution in [3.05, 3.63) is 23.7 Å². The van der Waals surface area contributed by atoms with Crippen LogP contribution in [0.3, 0.4) is 0 Å². The maximum absolute atomic E-state index is 5.32. The zero-order chi connectivity index (χ0) is 7.52. The lowest BCUT2D eigenvalue weighted by Crippen LogP contribution is -1.89. The second kappa shape index (κ2) is 2.99. The molecule has 60 valence electrons. The normalized spacial score (nSPS) is 23.3. The van der Waals surface area contributed by atoms with E-state index in [0.29, 0.717) is 6.79 Å². The number of hydrogen-bond donors (Lipinski definition) is 0. The summed E-state index contributed by atoms with van der Waals surface area (Å²) < 4.78 is 10.6. The summed E-state index contributed by atoms with van der Waals surface area (Å²) in [5.74, 6) is 2.16. The van der Waals surface area contributed by atoms with Gasteiger partial charge in [0.1, 0.15) is 11.5 Å². The van der Waals surface area contributed by atoms with Crippen LogP contribution in [0.15, 0.2) is 23.7 Å². The lowest BCUT2D eigenvalue weighted by atomic mass is 10.1. The third-order valence-corrected chi connectivity index (χ3v) is 2.02. The molecule has 0 N–H and O–H groups in total. The average Bonchev–Trinajstić information content (AvgIpc) is 2.35. The van der Waals surface area contributed by atoms with E-state index < -0.39 is 0 Å².